The molecule has 0 atom stereocenters. The molecule has 4 heterocycles. The fourth-order valence-corrected chi connectivity index (χ4v) is 6.52. The molecule has 0 aliphatic heterocycles. The highest BCUT2D eigenvalue weighted by molar-refractivity contribution is 6.13. The van der Waals surface area contributed by atoms with Crippen LogP contribution in [-0.4, -0.2) is 19.4 Å². The molecule has 4 nitrogen and oxygen atoms in total. The van der Waals surface area contributed by atoms with E-state index in [0.717, 1.165) is 45.8 Å². The lowest BCUT2D eigenvalue weighted by atomic mass is 9.95. The molecule has 0 bridgehead atoms. The van der Waals surface area contributed by atoms with Crippen LogP contribution >= 0.6 is 0 Å². The van der Waals surface area contributed by atoms with Gasteiger partial charge in [0.05, 0.1) is 22.7 Å². The second-order valence-corrected chi connectivity index (χ2v) is 9.72. The molecular formula is C31H18N4. The Bertz CT molecular complexity index is 2070. The highest BCUT2D eigenvalue weighted by atomic mass is 15.0. The lowest BCUT2D eigenvalue weighted by Gasteiger charge is -2.09. The van der Waals surface area contributed by atoms with Gasteiger partial charge in [0, 0.05) is 29.4 Å². The molecular weight excluding hydrogens is 428 g/mol. The summed E-state index contributed by atoms with van der Waals surface area (Å²) < 4.78 is 2.27. The first-order valence-corrected chi connectivity index (χ1v) is 12.0. The number of hydrogen-bond acceptors (Lipinski definition) is 3. The Balaban J connectivity index is 1.38. The van der Waals surface area contributed by atoms with Crippen molar-refractivity contribution < 1.29 is 0 Å². The summed E-state index contributed by atoms with van der Waals surface area (Å²) in [7, 11) is 0. The fourth-order valence-electron chi connectivity index (χ4n) is 6.52. The minimum atomic E-state index is 0.943. The first-order valence-electron chi connectivity index (χ1n) is 12.0. The van der Waals surface area contributed by atoms with Crippen molar-refractivity contribution in [2.75, 3.05) is 0 Å². The van der Waals surface area contributed by atoms with Crippen molar-refractivity contribution in [3.8, 4) is 22.3 Å². The number of nitrogens with zero attached hydrogens (tertiary/aromatic N) is 4. The van der Waals surface area contributed by atoms with Crippen LogP contribution in [0.5, 0.6) is 0 Å². The maximum Gasteiger partial charge on any atom is 0.147 e. The van der Waals surface area contributed by atoms with E-state index in [9.17, 15) is 0 Å². The highest BCUT2D eigenvalue weighted by Gasteiger charge is 2.29. The number of imidazole rings is 1. The molecule has 0 saturated heterocycles. The van der Waals surface area contributed by atoms with Gasteiger partial charge in [-0.2, -0.15) is 0 Å². The normalized spacial score (nSPS) is 13.5. The molecule has 9 rings (SSSR count). The quantitative estimate of drug-likeness (QED) is 0.243. The van der Waals surface area contributed by atoms with Crippen LogP contribution in [0.4, 0.5) is 0 Å². The van der Waals surface area contributed by atoms with Gasteiger partial charge in [-0.25, -0.2) is 4.98 Å². The van der Waals surface area contributed by atoms with Crippen molar-refractivity contribution in [1.29, 1.82) is 0 Å². The zero-order valence-electron chi connectivity index (χ0n) is 18.8. The SMILES string of the molecule is c1ccc2c(c1)Cc1c-2ccc2c1-c1cc3nc4c5cnccc5c5ccncc5n4c3cc1C2. The third-order valence-corrected chi connectivity index (χ3v) is 8.00. The molecule has 0 fully saturated rings. The number of rotatable bonds is 0. The molecule has 162 valence electrons. The Morgan fingerprint density at radius 3 is 2.49 bits per heavy atom. The van der Waals surface area contributed by atoms with Gasteiger partial charge in [0.1, 0.15) is 5.65 Å². The van der Waals surface area contributed by atoms with Gasteiger partial charge in [-0.3, -0.25) is 14.4 Å². The second kappa shape index (κ2) is 6.10. The first-order chi connectivity index (χ1) is 17.3. The summed E-state index contributed by atoms with van der Waals surface area (Å²) in [6, 6.07) is 22.3. The van der Waals surface area contributed by atoms with E-state index in [2.05, 4.69) is 75.0 Å². The van der Waals surface area contributed by atoms with Gasteiger partial charge in [-0.1, -0.05) is 36.4 Å². The maximum atomic E-state index is 5.17. The van der Waals surface area contributed by atoms with Crippen LogP contribution in [0.15, 0.2) is 85.5 Å². The standard InChI is InChI=1S/C31H18N4/c1-2-4-20-17(3-1)12-25-21(20)6-5-18-11-19-13-28-27(14-24(19)30(18)25)34-31-26-15-32-9-7-22(26)23-8-10-33-16-29(23)35(28)31/h1-10,13-16H,11-12H2. The predicted molar refractivity (Wildman–Crippen MR) is 140 cm³/mol. The summed E-state index contributed by atoms with van der Waals surface area (Å²) in [5, 5.41) is 3.40. The summed E-state index contributed by atoms with van der Waals surface area (Å²) in [4.78, 5) is 14.1. The van der Waals surface area contributed by atoms with Crippen LogP contribution in [0.1, 0.15) is 22.3 Å². The largest absolute Gasteiger partial charge is 0.290 e. The lowest BCUT2D eigenvalue weighted by molar-refractivity contribution is 1.23. The van der Waals surface area contributed by atoms with Gasteiger partial charge < -0.3 is 0 Å². The molecule has 0 unspecified atom stereocenters. The number of benzene rings is 3. The topological polar surface area (TPSA) is 43.1 Å². The molecule has 0 radical (unpaired) electrons. The van der Waals surface area contributed by atoms with E-state index in [1.165, 1.54) is 49.9 Å². The van der Waals surface area contributed by atoms with Crippen LogP contribution in [0.3, 0.4) is 0 Å². The summed E-state index contributed by atoms with van der Waals surface area (Å²) in [6.45, 7) is 0. The molecule has 2 aliphatic carbocycles. The Hall–Kier alpha value is -4.57. The van der Waals surface area contributed by atoms with Gasteiger partial charge in [0.15, 0.2) is 0 Å². The van der Waals surface area contributed by atoms with Gasteiger partial charge in [0.25, 0.3) is 0 Å². The van der Waals surface area contributed by atoms with E-state index in [0.29, 0.717) is 0 Å². The molecule has 2 aliphatic rings. The summed E-state index contributed by atoms with van der Waals surface area (Å²) >= 11 is 0. The molecule has 0 spiro atoms. The van der Waals surface area contributed by atoms with Gasteiger partial charge >= 0.3 is 0 Å². The smallest absolute Gasteiger partial charge is 0.147 e. The Morgan fingerprint density at radius 2 is 1.51 bits per heavy atom. The molecule has 0 N–H and O–H groups in total. The minimum Gasteiger partial charge on any atom is -0.290 e. The highest BCUT2D eigenvalue weighted by Crippen LogP contribution is 2.48. The van der Waals surface area contributed by atoms with Crippen molar-refractivity contribution in [3.05, 3.63) is 108 Å². The van der Waals surface area contributed by atoms with E-state index in [4.69, 9.17) is 4.98 Å². The van der Waals surface area contributed by atoms with Crippen molar-refractivity contribution in [3.63, 3.8) is 0 Å². The van der Waals surface area contributed by atoms with Crippen LogP contribution in [-0.2, 0) is 12.8 Å². The number of fused-ring (bicyclic) bond motifs is 15. The molecule has 35 heavy (non-hydrogen) atoms. The second-order valence-electron chi connectivity index (χ2n) is 9.72. The maximum absolute atomic E-state index is 5.17. The van der Waals surface area contributed by atoms with E-state index >= 15 is 0 Å². The zero-order chi connectivity index (χ0) is 22.7. The third kappa shape index (κ3) is 2.15. The number of pyridine rings is 3. The van der Waals surface area contributed by atoms with E-state index in [1.807, 2.05) is 24.8 Å². The van der Waals surface area contributed by atoms with Crippen LogP contribution < -0.4 is 0 Å². The summed E-state index contributed by atoms with van der Waals surface area (Å²) in [6.07, 6.45) is 9.57. The van der Waals surface area contributed by atoms with Crippen LogP contribution in [0.2, 0.25) is 0 Å². The summed E-state index contributed by atoms with van der Waals surface area (Å²) in [5.74, 6) is 0. The molecule has 4 aromatic heterocycles. The van der Waals surface area contributed by atoms with Gasteiger partial charge in [0.2, 0.25) is 0 Å². The first kappa shape index (κ1) is 17.8. The third-order valence-electron chi connectivity index (χ3n) is 8.00. The monoisotopic (exact) mass is 446 g/mol. The molecule has 7 aromatic rings. The van der Waals surface area contributed by atoms with E-state index < -0.39 is 0 Å². The lowest BCUT2D eigenvalue weighted by Crippen LogP contribution is -1.93. The molecule has 4 heteroatoms. The van der Waals surface area contributed by atoms with Crippen LogP contribution in [0.25, 0.3) is 60.6 Å². The van der Waals surface area contributed by atoms with E-state index in [1.54, 1.807) is 0 Å². The van der Waals surface area contributed by atoms with Gasteiger partial charge in [-0.05, 0) is 87.0 Å². The average Bonchev–Trinajstić information content (AvgIpc) is 3.58. The van der Waals surface area contributed by atoms with E-state index in [-0.39, 0.29) is 0 Å². The van der Waals surface area contributed by atoms with Crippen molar-refractivity contribution >= 4 is 38.4 Å². The average molecular weight is 447 g/mol. The summed E-state index contributed by atoms with van der Waals surface area (Å²) in [5.41, 5.74) is 15.4. The molecule has 0 saturated carbocycles. The minimum absolute atomic E-state index is 0.943. The zero-order valence-corrected chi connectivity index (χ0v) is 18.8. The number of hydrogen-bond donors (Lipinski definition) is 0. The van der Waals surface area contributed by atoms with Crippen molar-refractivity contribution in [1.82, 2.24) is 19.4 Å². The molecule has 3 aromatic carbocycles. The Kier molecular flexibility index (Phi) is 3.11. The Morgan fingerprint density at radius 1 is 0.629 bits per heavy atom. The fraction of sp³-hybridized carbons (Fsp3) is 0.0645. The predicted octanol–water partition coefficient (Wildman–Crippen LogP) is 6.73. The number of aromatic nitrogens is 4. The Labute approximate surface area is 200 Å². The molecule has 0 amide bonds. The van der Waals surface area contributed by atoms with Crippen molar-refractivity contribution in [2.24, 2.45) is 0 Å². The van der Waals surface area contributed by atoms with Crippen LogP contribution in [0, 0.1) is 0 Å². The van der Waals surface area contributed by atoms with Gasteiger partial charge in [-0.15, -0.1) is 0 Å². The van der Waals surface area contributed by atoms with Crippen molar-refractivity contribution in [2.45, 2.75) is 12.8 Å².